The molecular formula is C17H22BClF2N4O2. The third-order valence-corrected chi connectivity index (χ3v) is 5.60. The Bertz CT molecular complexity index is 724. The Morgan fingerprint density at radius 3 is 2.85 bits per heavy atom. The smallest absolute Gasteiger partial charge is 0.377 e. The number of alkyl halides is 2. The zero-order valence-corrected chi connectivity index (χ0v) is 15.8. The molecule has 2 aliphatic heterocycles. The quantitative estimate of drug-likeness (QED) is 0.431. The summed E-state index contributed by atoms with van der Waals surface area (Å²) in [5.41, 5.74) is 0.601. The van der Waals surface area contributed by atoms with Crippen LogP contribution in [-0.4, -0.2) is 64.0 Å². The molecule has 0 radical (unpaired) electrons. The van der Waals surface area contributed by atoms with Crippen LogP contribution in [0.3, 0.4) is 0 Å². The summed E-state index contributed by atoms with van der Waals surface area (Å²) >= 11 is 5.91. The number of aromatic nitrogens is 2. The van der Waals surface area contributed by atoms with Crippen LogP contribution in [0.1, 0.15) is 24.8 Å². The number of anilines is 1. The summed E-state index contributed by atoms with van der Waals surface area (Å²) in [7, 11) is -0.928. The molecule has 146 valence electrons. The van der Waals surface area contributed by atoms with Gasteiger partial charge in [-0.15, -0.1) is 16.8 Å². The van der Waals surface area contributed by atoms with E-state index in [0.717, 1.165) is 6.29 Å². The molecule has 2 bridgehead atoms. The van der Waals surface area contributed by atoms with Gasteiger partial charge in [-0.25, -0.2) is 8.78 Å². The molecule has 0 saturated carbocycles. The molecule has 1 N–H and O–H groups in total. The molecule has 3 heterocycles. The number of hydrogen-bond acceptors (Lipinski definition) is 6. The highest BCUT2D eigenvalue weighted by Crippen LogP contribution is 2.47. The standard InChI is InChI=1S/C17H22BClF2N4O2/c1-3-5-24(16-11(4-6-26)7-15(19)22-23-16)12-8-13-10-17(20,21)14(9-12)25(13)18(2)27/h3,6-7,12-14,27H,1,4-5,8-10H2,2H3/t12-,13?,14?/m1/s1. The third kappa shape index (κ3) is 3.86. The lowest BCUT2D eigenvalue weighted by Crippen LogP contribution is -2.57. The Morgan fingerprint density at radius 1 is 1.52 bits per heavy atom. The number of aldehydes is 1. The molecule has 0 aromatic carbocycles. The molecule has 0 aliphatic carbocycles. The van der Waals surface area contributed by atoms with Gasteiger partial charge in [0.05, 0.1) is 6.04 Å². The van der Waals surface area contributed by atoms with Gasteiger partial charge in [0.1, 0.15) is 6.29 Å². The van der Waals surface area contributed by atoms with E-state index in [4.69, 9.17) is 11.6 Å². The summed E-state index contributed by atoms with van der Waals surface area (Å²) < 4.78 is 29.0. The zero-order valence-electron chi connectivity index (χ0n) is 15.1. The fraction of sp³-hybridized carbons (Fsp3) is 0.588. The summed E-state index contributed by atoms with van der Waals surface area (Å²) in [4.78, 5) is 14.4. The minimum absolute atomic E-state index is 0.105. The number of halogens is 3. The molecule has 2 fully saturated rings. The van der Waals surface area contributed by atoms with Crippen molar-refractivity contribution in [3.05, 3.63) is 29.4 Å². The van der Waals surface area contributed by atoms with Gasteiger partial charge in [-0.2, -0.15) is 0 Å². The molecule has 10 heteroatoms. The normalized spacial score (nSPS) is 26.6. The SMILES string of the molecule is C=CCN(c1nnc(Cl)cc1CC=O)[C@@H]1CC2CC(F)(F)C(C1)N2B(C)O. The number of rotatable bonds is 7. The summed E-state index contributed by atoms with van der Waals surface area (Å²) in [6, 6.07) is -0.126. The number of nitrogens with zero attached hydrogens (tertiary/aromatic N) is 4. The van der Waals surface area contributed by atoms with Crippen molar-refractivity contribution in [1.29, 1.82) is 0 Å². The average Bonchev–Trinajstić information content (AvgIpc) is 2.75. The van der Waals surface area contributed by atoms with E-state index in [0.29, 0.717) is 24.3 Å². The molecule has 2 saturated heterocycles. The first-order valence-electron chi connectivity index (χ1n) is 8.95. The Kier molecular flexibility index (Phi) is 5.83. The van der Waals surface area contributed by atoms with Crippen LogP contribution in [-0.2, 0) is 11.2 Å². The molecule has 3 rings (SSSR count). The molecule has 2 aliphatic rings. The third-order valence-electron chi connectivity index (χ3n) is 5.41. The van der Waals surface area contributed by atoms with Crippen molar-refractivity contribution in [3.63, 3.8) is 0 Å². The zero-order chi connectivity index (χ0) is 19.8. The van der Waals surface area contributed by atoms with Gasteiger partial charge in [-0.05, 0) is 25.7 Å². The lowest BCUT2D eigenvalue weighted by atomic mass is 9.78. The molecule has 0 spiro atoms. The van der Waals surface area contributed by atoms with Crippen LogP contribution < -0.4 is 4.90 Å². The maximum absolute atomic E-state index is 14.5. The van der Waals surface area contributed by atoms with Gasteiger partial charge in [-0.1, -0.05) is 17.7 Å². The maximum atomic E-state index is 14.5. The number of piperidine rings is 1. The van der Waals surface area contributed by atoms with Gasteiger partial charge >= 0.3 is 7.05 Å². The number of carbonyl (C=O) groups excluding carboxylic acids is 1. The predicted octanol–water partition coefficient (Wildman–Crippen LogP) is 2.21. The molecule has 6 nitrogen and oxygen atoms in total. The highest BCUT2D eigenvalue weighted by Gasteiger charge is 2.59. The van der Waals surface area contributed by atoms with Gasteiger partial charge in [-0.3, -0.25) is 0 Å². The summed E-state index contributed by atoms with van der Waals surface area (Å²) in [6.07, 6.45) is 2.88. The molecule has 1 aromatic heterocycles. The van der Waals surface area contributed by atoms with E-state index in [1.165, 1.54) is 11.6 Å². The van der Waals surface area contributed by atoms with Crippen LogP contribution in [0.2, 0.25) is 12.0 Å². The topological polar surface area (TPSA) is 69.6 Å². The van der Waals surface area contributed by atoms with Crippen molar-refractivity contribution >= 4 is 30.8 Å². The first-order chi connectivity index (χ1) is 12.8. The monoisotopic (exact) mass is 398 g/mol. The van der Waals surface area contributed by atoms with E-state index in [-0.39, 0.29) is 30.5 Å². The van der Waals surface area contributed by atoms with Crippen LogP contribution >= 0.6 is 11.6 Å². The predicted molar refractivity (Wildman–Crippen MR) is 100 cm³/mol. The van der Waals surface area contributed by atoms with Crippen molar-refractivity contribution in [2.45, 2.75) is 56.6 Å². The number of carbonyl (C=O) groups is 1. The minimum Gasteiger partial charge on any atom is -0.437 e. The van der Waals surface area contributed by atoms with E-state index >= 15 is 0 Å². The first-order valence-corrected chi connectivity index (χ1v) is 9.33. The summed E-state index contributed by atoms with van der Waals surface area (Å²) in [5, 5.41) is 18.1. The Morgan fingerprint density at radius 2 is 2.26 bits per heavy atom. The van der Waals surface area contributed by atoms with Crippen molar-refractivity contribution in [2.75, 3.05) is 11.4 Å². The first kappa shape index (κ1) is 20.2. The molecule has 3 atom stereocenters. The second-order valence-electron chi connectivity index (χ2n) is 7.17. The highest BCUT2D eigenvalue weighted by atomic mass is 35.5. The van der Waals surface area contributed by atoms with Crippen molar-refractivity contribution in [3.8, 4) is 0 Å². The van der Waals surface area contributed by atoms with E-state index in [2.05, 4.69) is 16.8 Å². The molecular weight excluding hydrogens is 376 g/mol. The largest absolute Gasteiger partial charge is 0.437 e. The Labute approximate surface area is 162 Å². The Balaban J connectivity index is 1.94. The number of fused-ring (bicyclic) bond motifs is 2. The van der Waals surface area contributed by atoms with Gasteiger partial charge in [0, 0.05) is 37.0 Å². The highest BCUT2D eigenvalue weighted by molar-refractivity contribution is 6.45. The van der Waals surface area contributed by atoms with Crippen molar-refractivity contribution < 1.29 is 18.6 Å². The average molecular weight is 399 g/mol. The lowest BCUT2D eigenvalue weighted by Gasteiger charge is -2.44. The second kappa shape index (κ2) is 7.81. The Hall–Kier alpha value is -1.58. The maximum Gasteiger partial charge on any atom is 0.377 e. The fourth-order valence-electron chi connectivity index (χ4n) is 4.44. The second-order valence-corrected chi connectivity index (χ2v) is 7.55. The van der Waals surface area contributed by atoms with Gasteiger partial charge in [0.15, 0.2) is 11.0 Å². The van der Waals surface area contributed by atoms with Crippen LogP contribution in [0.15, 0.2) is 18.7 Å². The summed E-state index contributed by atoms with van der Waals surface area (Å²) in [5.74, 6) is -2.39. The summed E-state index contributed by atoms with van der Waals surface area (Å²) in [6.45, 7) is 5.66. The molecule has 0 amide bonds. The van der Waals surface area contributed by atoms with E-state index in [9.17, 15) is 18.6 Å². The van der Waals surface area contributed by atoms with Crippen LogP contribution in [0.5, 0.6) is 0 Å². The number of hydrogen-bond donors (Lipinski definition) is 1. The van der Waals surface area contributed by atoms with Gasteiger partial charge in [0.2, 0.25) is 0 Å². The van der Waals surface area contributed by atoms with Crippen LogP contribution in [0.4, 0.5) is 14.6 Å². The van der Waals surface area contributed by atoms with Crippen molar-refractivity contribution in [1.82, 2.24) is 15.0 Å². The molecule has 1 aromatic rings. The van der Waals surface area contributed by atoms with E-state index in [1.54, 1.807) is 12.1 Å². The minimum atomic E-state index is -2.85. The van der Waals surface area contributed by atoms with Gasteiger partial charge < -0.3 is 19.5 Å². The van der Waals surface area contributed by atoms with E-state index < -0.39 is 25.1 Å². The van der Waals surface area contributed by atoms with Crippen molar-refractivity contribution in [2.24, 2.45) is 0 Å². The lowest BCUT2D eigenvalue weighted by molar-refractivity contribution is -0.107. The molecule has 2 unspecified atom stereocenters. The van der Waals surface area contributed by atoms with Crippen LogP contribution in [0.25, 0.3) is 0 Å². The van der Waals surface area contributed by atoms with E-state index in [1.807, 2.05) is 4.90 Å². The fourth-order valence-corrected chi connectivity index (χ4v) is 4.61. The van der Waals surface area contributed by atoms with Gasteiger partial charge in [0.25, 0.3) is 5.92 Å². The molecule has 27 heavy (non-hydrogen) atoms. The van der Waals surface area contributed by atoms with Crippen LogP contribution in [0, 0.1) is 0 Å².